The molecule has 1 saturated heterocycles. The molecule has 194 valence electrons. The molecular formula is C30H29N3O4S. The van der Waals surface area contributed by atoms with Gasteiger partial charge in [-0.15, -0.1) is 0 Å². The summed E-state index contributed by atoms with van der Waals surface area (Å²) in [6.07, 6.45) is 4.61. The molecule has 7 nitrogen and oxygen atoms in total. The molecule has 0 unspecified atom stereocenters. The van der Waals surface area contributed by atoms with Gasteiger partial charge in [0.05, 0.1) is 31.9 Å². The molecule has 0 radical (unpaired) electrons. The monoisotopic (exact) mass is 527 g/mol. The Morgan fingerprint density at radius 2 is 1.71 bits per heavy atom. The van der Waals surface area contributed by atoms with Crippen LogP contribution in [0.3, 0.4) is 0 Å². The fourth-order valence-corrected chi connectivity index (χ4v) is 5.44. The molecule has 1 N–H and O–H groups in total. The number of H-pyrrole nitrogens is 1. The molecule has 1 amide bonds. The van der Waals surface area contributed by atoms with Crippen LogP contribution in [0.1, 0.15) is 16.7 Å². The lowest BCUT2D eigenvalue weighted by Gasteiger charge is -2.15. The topological polar surface area (TPSA) is 76.2 Å². The Bertz CT molecular complexity index is 1540. The van der Waals surface area contributed by atoms with E-state index in [1.54, 1.807) is 26.2 Å². The number of aromatic nitrogens is 1. The quantitative estimate of drug-likeness (QED) is 0.270. The number of nitrogens with zero attached hydrogens (tertiary/aromatic N) is 2. The van der Waals surface area contributed by atoms with E-state index in [4.69, 9.17) is 19.2 Å². The van der Waals surface area contributed by atoms with Crippen LogP contribution in [0.2, 0.25) is 0 Å². The lowest BCUT2D eigenvalue weighted by Crippen LogP contribution is -2.31. The highest BCUT2D eigenvalue weighted by molar-refractivity contribution is 8.18. The van der Waals surface area contributed by atoms with Crippen molar-refractivity contribution in [1.29, 1.82) is 0 Å². The number of fused-ring (bicyclic) bond motifs is 1. The van der Waals surface area contributed by atoms with Crippen LogP contribution >= 0.6 is 11.8 Å². The van der Waals surface area contributed by atoms with Crippen molar-refractivity contribution >= 4 is 45.5 Å². The smallest absolute Gasteiger partial charge is 0.266 e. The summed E-state index contributed by atoms with van der Waals surface area (Å²) in [6.45, 7) is 2.49. The van der Waals surface area contributed by atoms with Gasteiger partial charge in [0.15, 0.2) is 16.7 Å². The molecule has 38 heavy (non-hydrogen) atoms. The zero-order chi connectivity index (χ0) is 26.6. The average Bonchev–Trinajstić information content (AvgIpc) is 3.48. The van der Waals surface area contributed by atoms with Gasteiger partial charge >= 0.3 is 0 Å². The van der Waals surface area contributed by atoms with Crippen molar-refractivity contribution in [3.63, 3.8) is 0 Å². The van der Waals surface area contributed by atoms with E-state index in [9.17, 15) is 4.79 Å². The van der Waals surface area contributed by atoms with Gasteiger partial charge in [-0.1, -0.05) is 18.2 Å². The predicted octanol–water partition coefficient (Wildman–Crippen LogP) is 6.35. The molecule has 1 aliphatic heterocycles. The molecule has 3 aromatic carbocycles. The summed E-state index contributed by atoms with van der Waals surface area (Å²) in [4.78, 5) is 24.2. The molecule has 5 rings (SSSR count). The Kier molecular flexibility index (Phi) is 7.42. The second-order valence-electron chi connectivity index (χ2n) is 8.83. The Hall–Kier alpha value is -4.17. The zero-order valence-electron chi connectivity index (χ0n) is 21.8. The number of aromatic amines is 1. The van der Waals surface area contributed by atoms with Gasteiger partial charge < -0.3 is 19.2 Å². The third-order valence-corrected chi connectivity index (χ3v) is 7.53. The van der Waals surface area contributed by atoms with E-state index in [-0.39, 0.29) is 5.91 Å². The van der Waals surface area contributed by atoms with E-state index in [0.717, 1.165) is 39.0 Å². The molecule has 0 aliphatic carbocycles. The van der Waals surface area contributed by atoms with Crippen molar-refractivity contribution in [2.24, 2.45) is 4.99 Å². The minimum atomic E-state index is -0.0729. The summed E-state index contributed by atoms with van der Waals surface area (Å²) < 4.78 is 16.2. The van der Waals surface area contributed by atoms with E-state index >= 15 is 0 Å². The number of rotatable bonds is 8. The highest BCUT2D eigenvalue weighted by atomic mass is 32.2. The van der Waals surface area contributed by atoms with Gasteiger partial charge in [-0.2, -0.15) is 0 Å². The van der Waals surface area contributed by atoms with Gasteiger partial charge in [0.1, 0.15) is 5.75 Å². The predicted molar refractivity (Wildman–Crippen MR) is 154 cm³/mol. The second-order valence-corrected chi connectivity index (χ2v) is 9.84. The SMILES string of the molecule is COc1ccc(N=C2S/C(=C\c3cc(OC)c(OC)cc3C)C(=O)N2CCc2c[nH]c3ccccc23)cc1. The lowest BCUT2D eigenvalue weighted by molar-refractivity contribution is -0.122. The van der Waals surface area contributed by atoms with E-state index in [1.807, 2.05) is 67.7 Å². The third kappa shape index (κ3) is 5.13. The molecule has 8 heteroatoms. The van der Waals surface area contributed by atoms with Crippen molar-refractivity contribution in [3.8, 4) is 17.2 Å². The number of para-hydroxylation sites is 1. The van der Waals surface area contributed by atoms with E-state index < -0.39 is 0 Å². The number of hydrogen-bond acceptors (Lipinski definition) is 6. The van der Waals surface area contributed by atoms with Gasteiger partial charge in [0.2, 0.25) is 0 Å². The summed E-state index contributed by atoms with van der Waals surface area (Å²) in [5.74, 6) is 1.95. The molecule has 0 atom stereocenters. The largest absolute Gasteiger partial charge is 0.497 e. The van der Waals surface area contributed by atoms with Crippen LogP contribution in [0.5, 0.6) is 17.2 Å². The number of benzene rings is 3. The molecule has 1 aliphatic rings. The summed E-state index contributed by atoms with van der Waals surface area (Å²) >= 11 is 1.38. The van der Waals surface area contributed by atoms with Gasteiger partial charge in [0.25, 0.3) is 5.91 Å². The van der Waals surface area contributed by atoms with Crippen molar-refractivity contribution < 1.29 is 19.0 Å². The molecule has 4 aromatic rings. The maximum atomic E-state index is 13.7. The number of amides is 1. The maximum absolute atomic E-state index is 13.7. The van der Waals surface area contributed by atoms with Crippen LogP contribution in [-0.4, -0.2) is 48.8 Å². The van der Waals surface area contributed by atoms with E-state index in [2.05, 4.69) is 17.1 Å². The van der Waals surface area contributed by atoms with Crippen LogP contribution in [-0.2, 0) is 11.2 Å². The highest BCUT2D eigenvalue weighted by Crippen LogP contribution is 2.37. The van der Waals surface area contributed by atoms with Crippen LogP contribution in [0, 0.1) is 6.92 Å². The molecule has 0 spiro atoms. The number of aryl methyl sites for hydroxylation is 1. The van der Waals surface area contributed by atoms with Crippen LogP contribution in [0.15, 0.2) is 76.8 Å². The third-order valence-electron chi connectivity index (χ3n) is 6.52. The molecule has 1 aromatic heterocycles. The summed E-state index contributed by atoms with van der Waals surface area (Å²) in [7, 11) is 4.84. The van der Waals surface area contributed by atoms with E-state index in [1.165, 1.54) is 11.8 Å². The number of aliphatic imine (C=N–C) groups is 1. The summed E-state index contributed by atoms with van der Waals surface area (Å²) in [5, 5.41) is 1.81. The first kappa shape index (κ1) is 25.5. The summed E-state index contributed by atoms with van der Waals surface area (Å²) in [6, 6.07) is 19.5. The van der Waals surface area contributed by atoms with Crippen molar-refractivity contribution in [1.82, 2.24) is 9.88 Å². The number of thioether (sulfide) groups is 1. The van der Waals surface area contributed by atoms with E-state index in [0.29, 0.717) is 34.5 Å². The lowest BCUT2D eigenvalue weighted by atomic mass is 10.1. The minimum Gasteiger partial charge on any atom is -0.497 e. The van der Waals surface area contributed by atoms with Crippen molar-refractivity contribution in [3.05, 3.63) is 88.5 Å². The minimum absolute atomic E-state index is 0.0729. The number of amidine groups is 1. The van der Waals surface area contributed by atoms with Gasteiger partial charge in [-0.25, -0.2) is 4.99 Å². The number of ether oxygens (including phenoxy) is 3. The van der Waals surface area contributed by atoms with Crippen molar-refractivity contribution in [2.75, 3.05) is 27.9 Å². The van der Waals surface area contributed by atoms with Crippen LogP contribution < -0.4 is 14.2 Å². The standard InChI is InChI=1S/C30H29N3O4S/c1-19-15-26(36-3)27(37-4)16-21(19)17-28-29(34)33(14-13-20-18-31-25-8-6-5-7-24(20)25)30(38-28)32-22-9-11-23(35-2)12-10-22/h5-12,15-18,31H,13-14H2,1-4H3/b28-17-,32-30?. The molecule has 1 fully saturated rings. The number of hydrogen-bond donors (Lipinski definition) is 1. The number of carbonyl (C=O) groups excluding carboxylic acids is 1. The van der Waals surface area contributed by atoms with Crippen LogP contribution in [0.4, 0.5) is 5.69 Å². The fraction of sp³-hybridized carbons (Fsp3) is 0.200. The Morgan fingerprint density at radius 3 is 2.45 bits per heavy atom. The maximum Gasteiger partial charge on any atom is 0.266 e. The Morgan fingerprint density at radius 1 is 0.974 bits per heavy atom. The summed E-state index contributed by atoms with van der Waals surface area (Å²) in [5.41, 5.74) is 4.87. The normalized spacial score (nSPS) is 15.6. The Labute approximate surface area is 226 Å². The fourth-order valence-electron chi connectivity index (χ4n) is 4.42. The molecule has 0 bridgehead atoms. The van der Waals surface area contributed by atoms with Gasteiger partial charge in [-0.05, 0) is 90.3 Å². The first-order valence-electron chi connectivity index (χ1n) is 12.2. The Balaban J connectivity index is 1.48. The van der Waals surface area contributed by atoms with Gasteiger partial charge in [-0.3, -0.25) is 9.69 Å². The number of nitrogens with one attached hydrogen (secondary N) is 1. The number of methoxy groups -OCH3 is 3. The second kappa shape index (κ2) is 11.1. The van der Waals surface area contributed by atoms with Crippen LogP contribution in [0.25, 0.3) is 17.0 Å². The number of carbonyl (C=O) groups is 1. The average molecular weight is 528 g/mol. The first-order valence-corrected chi connectivity index (χ1v) is 13.0. The highest BCUT2D eigenvalue weighted by Gasteiger charge is 2.33. The first-order chi connectivity index (χ1) is 18.5. The molecular weight excluding hydrogens is 498 g/mol. The zero-order valence-corrected chi connectivity index (χ0v) is 22.6. The van der Waals surface area contributed by atoms with Crippen molar-refractivity contribution in [2.45, 2.75) is 13.3 Å². The molecule has 0 saturated carbocycles. The van der Waals surface area contributed by atoms with Gasteiger partial charge in [0, 0.05) is 23.6 Å². The molecule has 2 heterocycles.